The monoisotopic (exact) mass is 197 g/mol. The maximum Gasteiger partial charge on any atom is 0.271 e. The first-order chi connectivity index (χ1) is 6.63. The molecule has 0 unspecified atom stereocenters. The van der Waals surface area contributed by atoms with Gasteiger partial charge in [-0.25, -0.2) is 4.98 Å². The largest absolute Gasteiger partial charge is 0.409 e. The molecule has 0 fully saturated rings. The van der Waals surface area contributed by atoms with Crippen LogP contribution in [-0.4, -0.2) is 33.0 Å². The van der Waals surface area contributed by atoms with Crippen LogP contribution in [-0.2, 0) is 7.05 Å². The van der Waals surface area contributed by atoms with E-state index in [1.165, 1.54) is 6.33 Å². The van der Waals surface area contributed by atoms with Gasteiger partial charge in [0.05, 0.1) is 12.9 Å². The molecule has 1 aromatic heterocycles. The van der Waals surface area contributed by atoms with E-state index in [1.54, 1.807) is 17.8 Å². The molecule has 1 heterocycles. The fourth-order valence-electron chi connectivity index (χ4n) is 0.827. The first kappa shape index (κ1) is 10.0. The van der Waals surface area contributed by atoms with E-state index in [0.29, 0.717) is 5.69 Å². The van der Waals surface area contributed by atoms with Crippen LogP contribution in [0.2, 0.25) is 0 Å². The predicted octanol–water partition coefficient (Wildman–Crippen LogP) is -1.10. The molecule has 0 atom stereocenters. The molecule has 0 saturated carbocycles. The second-order valence-electron chi connectivity index (χ2n) is 2.70. The van der Waals surface area contributed by atoms with Gasteiger partial charge in [-0.1, -0.05) is 5.16 Å². The van der Waals surface area contributed by atoms with Gasteiger partial charge in [-0.3, -0.25) is 4.79 Å². The van der Waals surface area contributed by atoms with Gasteiger partial charge in [0.25, 0.3) is 5.91 Å². The summed E-state index contributed by atoms with van der Waals surface area (Å²) in [6.45, 7) is -0.00803. The number of hydrogen-bond donors (Lipinski definition) is 3. The molecular weight excluding hydrogens is 186 g/mol. The molecule has 0 spiro atoms. The van der Waals surface area contributed by atoms with Gasteiger partial charge in [-0.05, 0) is 0 Å². The average Bonchev–Trinajstić information content (AvgIpc) is 2.60. The van der Waals surface area contributed by atoms with E-state index in [9.17, 15) is 4.79 Å². The zero-order valence-electron chi connectivity index (χ0n) is 7.64. The van der Waals surface area contributed by atoms with Gasteiger partial charge in [0.2, 0.25) is 0 Å². The SMILES string of the molecule is Cn1cnc(C(=O)NCC(N)=NO)c1. The molecular formula is C7H11N5O2. The Morgan fingerprint density at radius 3 is 3.07 bits per heavy atom. The van der Waals surface area contributed by atoms with E-state index in [0.717, 1.165) is 0 Å². The van der Waals surface area contributed by atoms with Gasteiger partial charge < -0.3 is 20.8 Å². The zero-order valence-corrected chi connectivity index (χ0v) is 7.64. The number of carbonyl (C=O) groups is 1. The number of aromatic nitrogens is 2. The minimum atomic E-state index is -0.364. The van der Waals surface area contributed by atoms with Crippen LogP contribution in [0.3, 0.4) is 0 Å². The van der Waals surface area contributed by atoms with Gasteiger partial charge in [-0.15, -0.1) is 0 Å². The third kappa shape index (κ3) is 2.47. The van der Waals surface area contributed by atoms with Gasteiger partial charge >= 0.3 is 0 Å². The topological polar surface area (TPSA) is 106 Å². The van der Waals surface area contributed by atoms with Crippen LogP contribution >= 0.6 is 0 Å². The molecule has 7 nitrogen and oxygen atoms in total. The van der Waals surface area contributed by atoms with Crippen molar-refractivity contribution in [2.75, 3.05) is 6.54 Å². The van der Waals surface area contributed by atoms with Gasteiger partial charge in [0.15, 0.2) is 5.84 Å². The molecule has 0 aliphatic rings. The molecule has 0 aromatic carbocycles. The molecule has 1 rings (SSSR count). The van der Waals surface area contributed by atoms with E-state index in [2.05, 4.69) is 15.5 Å². The summed E-state index contributed by atoms with van der Waals surface area (Å²) in [6, 6.07) is 0. The van der Waals surface area contributed by atoms with Crippen LogP contribution < -0.4 is 11.1 Å². The summed E-state index contributed by atoms with van der Waals surface area (Å²) in [4.78, 5) is 15.1. The van der Waals surface area contributed by atoms with Crippen molar-refractivity contribution < 1.29 is 10.0 Å². The number of carbonyl (C=O) groups excluding carboxylic acids is 1. The molecule has 0 saturated heterocycles. The van der Waals surface area contributed by atoms with Crippen molar-refractivity contribution in [1.82, 2.24) is 14.9 Å². The summed E-state index contributed by atoms with van der Waals surface area (Å²) < 4.78 is 1.65. The third-order valence-electron chi connectivity index (χ3n) is 1.50. The molecule has 0 aliphatic carbocycles. The Morgan fingerprint density at radius 2 is 2.57 bits per heavy atom. The maximum absolute atomic E-state index is 11.3. The van der Waals surface area contributed by atoms with Gasteiger partial charge in [0.1, 0.15) is 5.69 Å². The number of aryl methyl sites for hydroxylation is 1. The lowest BCUT2D eigenvalue weighted by Crippen LogP contribution is -2.33. The summed E-state index contributed by atoms with van der Waals surface area (Å²) >= 11 is 0. The summed E-state index contributed by atoms with van der Waals surface area (Å²) in [6.07, 6.45) is 3.08. The normalized spacial score (nSPS) is 11.4. The molecule has 0 radical (unpaired) electrons. The highest BCUT2D eigenvalue weighted by molar-refractivity contribution is 5.95. The van der Waals surface area contributed by atoms with Crippen molar-refractivity contribution in [1.29, 1.82) is 0 Å². The average molecular weight is 197 g/mol. The Morgan fingerprint density at radius 1 is 1.86 bits per heavy atom. The second-order valence-corrected chi connectivity index (χ2v) is 2.70. The molecule has 1 aromatic rings. The first-order valence-electron chi connectivity index (χ1n) is 3.86. The van der Waals surface area contributed by atoms with E-state index >= 15 is 0 Å². The maximum atomic E-state index is 11.3. The molecule has 4 N–H and O–H groups in total. The molecule has 7 heteroatoms. The number of amidine groups is 1. The minimum absolute atomic E-state index is 0.00803. The van der Waals surface area contributed by atoms with E-state index in [1.807, 2.05) is 0 Å². The standard InChI is InChI=1S/C7H11N5O2/c1-12-3-5(10-4-12)7(13)9-2-6(8)11-14/h3-4,14H,2H2,1H3,(H2,8,11)(H,9,13). The van der Waals surface area contributed by atoms with Crippen molar-refractivity contribution >= 4 is 11.7 Å². The van der Waals surface area contributed by atoms with E-state index in [-0.39, 0.29) is 18.3 Å². The van der Waals surface area contributed by atoms with Crippen LogP contribution in [0.5, 0.6) is 0 Å². The number of hydrogen-bond acceptors (Lipinski definition) is 4. The lowest BCUT2D eigenvalue weighted by Gasteiger charge is -2.00. The van der Waals surface area contributed by atoms with Gasteiger partial charge in [0, 0.05) is 13.2 Å². The Labute approximate surface area is 80.2 Å². The lowest BCUT2D eigenvalue weighted by atomic mass is 10.4. The van der Waals surface area contributed by atoms with Crippen LogP contribution in [0, 0.1) is 0 Å². The predicted molar refractivity (Wildman–Crippen MR) is 49.0 cm³/mol. The number of nitrogens with zero attached hydrogens (tertiary/aromatic N) is 3. The molecule has 14 heavy (non-hydrogen) atoms. The fourth-order valence-corrected chi connectivity index (χ4v) is 0.827. The van der Waals surface area contributed by atoms with Crippen LogP contribution in [0.4, 0.5) is 0 Å². The number of nitrogens with one attached hydrogen (secondary N) is 1. The summed E-state index contributed by atoms with van der Waals surface area (Å²) in [5.74, 6) is -0.425. The minimum Gasteiger partial charge on any atom is -0.409 e. The Hall–Kier alpha value is -2.05. The quantitative estimate of drug-likeness (QED) is 0.247. The highest BCUT2D eigenvalue weighted by atomic mass is 16.4. The number of amides is 1. The second kappa shape index (κ2) is 4.26. The van der Waals surface area contributed by atoms with Crippen molar-refractivity contribution in [2.45, 2.75) is 0 Å². The third-order valence-corrected chi connectivity index (χ3v) is 1.50. The van der Waals surface area contributed by atoms with Crippen molar-refractivity contribution in [3.63, 3.8) is 0 Å². The Kier molecular flexibility index (Phi) is 3.05. The number of oxime groups is 1. The summed E-state index contributed by atoms with van der Waals surface area (Å²) in [5, 5.41) is 13.4. The zero-order chi connectivity index (χ0) is 10.6. The smallest absolute Gasteiger partial charge is 0.271 e. The van der Waals surface area contributed by atoms with E-state index in [4.69, 9.17) is 10.9 Å². The Bertz CT molecular complexity index is 357. The number of imidazole rings is 1. The lowest BCUT2D eigenvalue weighted by molar-refractivity contribution is 0.0954. The summed E-state index contributed by atoms with van der Waals surface area (Å²) in [7, 11) is 1.76. The van der Waals surface area contributed by atoms with Crippen LogP contribution in [0.1, 0.15) is 10.5 Å². The Balaban J connectivity index is 2.51. The molecule has 1 amide bonds. The first-order valence-corrected chi connectivity index (χ1v) is 3.86. The summed E-state index contributed by atoms with van der Waals surface area (Å²) in [5.41, 5.74) is 5.45. The van der Waals surface area contributed by atoms with Crippen molar-refractivity contribution in [3.8, 4) is 0 Å². The number of nitrogens with two attached hydrogens (primary N) is 1. The fraction of sp³-hybridized carbons (Fsp3) is 0.286. The van der Waals surface area contributed by atoms with Gasteiger partial charge in [-0.2, -0.15) is 0 Å². The molecule has 0 aliphatic heterocycles. The highest BCUT2D eigenvalue weighted by Gasteiger charge is 2.07. The van der Waals surface area contributed by atoms with E-state index < -0.39 is 0 Å². The van der Waals surface area contributed by atoms with Crippen LogP contribution in [0.15, 0.2) is 17.7 Å². The van der Waals surface area contributed by atoms with Crippen molar-refractivity contribution in [3.05, 3.63) is 18.2 Å². The molecule has 0 bridgehead atoms. The molecule has 76 valence electrons. The van der Waals surface area contributed by atoms with Crippen LogP contribution in [0.25, 0.3) is 0 Å². The highest BCUT2D eigenvalue weighted by Crippen LogP contribution is 1.92. The number of rotatable bonds is 3. The van der Waals surface area contributed by atoms with Crippen molar-refractivity contribution in [2.24, 2.45) is 17.9 Å².